The zero-order chi connectivity index (χ0) is 26.7. The Balaban J connectivity index is 2.18. The summed E-state index contributed by atoms with van der Waals surface area (Å²) >= 11 is 0. The third kappa shape index (κ3) is 10.0. The summed E-state index contributed by atoms with van der Waals surface area (Å²) in [7, 11) is -3.72. The summed E-state index contributed by atoms with van der Waals surface area (Å²) in [5.41, 5.74) is 1.35. The van der Waals surface area contributed by atoms with Crippen LogP contribution in [0.5, 0.6) is 0 Å². The highest BCUT2D eigenvalue weighted by molar-refractivity contribution is 7.88. The van der Waals surface area contributed by atoms with Crippen molar-refractivity contribution < 1.29 is 27.1 Å². The third-order valence-corrected chi connectivity index (χ3v) is 6.68. The van der Waals surface area contributed by atoms with Crippen LogP contribution >= 0.6 is 0 Å². The van der Waals surface area contributed by atoms with Crippen LogP contribution in [-0.2, 0) is 37.4 Å². The van der Waals surface area contributed by atoms with Crippen LogP contribution in [0.3, 0.4) is 0 Å². The van der Waals surface area contributed by atoms with Gasteiger partial charge in [0.15, 0.2) is 0 Å². The van der Waals surface area contributed by atoms with E-state index in [4.69, 9.17) is 4.74 Å². The van der Waals surface area contributed by atoms with Crippen LogP contribution in [0.2, 0.25) is 0 Å². The highest BCUT2D eigenvalue weighted by Crippen LogP contribution is 2.14. The van der Waals surface area contributed by atoms with Crippen molar-refractivity contribution in [3.05, 3.63) is 71.5 Å². The smallest absolute Gasteiger partial charge is 0.242 e. The van der Waals surface area contributed by atoms with Gasteiger partial charge >= 0.3 is 0 Å². The highest BCUT2D eigenvalue weighted by atomic mass is 32.2. The molecule has 2 amide bonds. The molecule has 2 aromatic rings. The van der Waals surface area contributed by atoms with E-state index in [1.807, 2.05) is 19.9 Å². The normalized spacial score (nSPS) is 12.5. The van der Waals surface area contributed by atoms with Gasteiger partial charge in [-0.15, -0.1) is 0 Å². The molecule has 0 bridgehead atoms. The molecule has 0 radical (unpaired) electrons. The fraction of sp³-hybridized carbons (Fsp3) is 0.462. The molecule has 1 unspecified atom stereocenters. The molecule has 0 aliphatic carbocycles. The quantitative estimate of drug-likeness (QED) is 0.386. The average Bonchev–Trinajstić information content (AvgIpc) is 2.82. The van der Waals surface area contributed by atoms with E-state index in [1.54, 1.807) is 31.2 Å². The van der Waals surface area contributed by atoms with Gasteiger partial charge in [-0.1, -0.05) is 42.5 Å². The van der Waals surface area contributed by atoms with Gasteiger partial charge in [0, 0.05) is 26.2 Å². The van der Waals surface area contributed by atoms with Crippen molar-refractivity contribution in [2.45, 2.75) is 52.4 Å². The number of hydrogen-bond acceptors (Lipinski definition) is 5. The van der Waals surface area contributed by atoms with Gasteiger partial charge in [-0.2, -0.15) is 4.31 Å². The molecule has 10 heteroatoms. The van der Waals surface area contributed by atoms with Crippen LogP contribution in [0.25, 0.3) is 0 Å². The molecule has 0 spiro atoms. The molecule has 0 aliphatic rings. The number of amides is 2. The Morgan fingerprint density at radius 3 is 2.17 bits per heavy atom. The largest absolute Gasteiger partial charge is 0.379 e. The number of carbonyl (C=O) groups is 2. The molecule has 0 aliphatic heterocycles. The van der Waals surface area contributed by atoms with Gasteiger partial charge < -0.3 is 15.0 Å². The Morgan fingerprint density at radius 1 is 0.972 bits per heavy atom. The second kappa shape index (κ2) is 14.1. The number of benzene rings is 2. The van der Waals surface area contributed by atoms with Crippen molar-refractivity contribution in [2.75, 3.05) is 26.0 Å². The molecule has 0 saturated heterocycles. The molecule has 36 heavy (non-hydrogen) atoms. The van der Waals surface area contributed by atoms with Crippen molar-refractivity contribution in [1.29, 1.82) is 0 Å². The minimum atomic E-state index is -3.72. The number of ether oxygens (including phenoxy) is 1. The molecule has 2 aromatic carbocycles. The van der Waals surface area contributed by atoms with E-state index in [-0.39, 0.29) is 25.1 Å². The summed E-state index contributed by atoms with van der Waals surface area (Å²) in [5, 5.41) is 2.81. The standard InChI is InChI=1S/C26H36FN3O5S/c1-20(2)35-16-8-15-28-26(32)21(3)30(18-23-11-13-24(27)14-12-23)25(31)19-29(36(4,33)34)17-22-9-6-5-7-10-22/h5-7,9-14,20-21H,8,15-19H2,1-4H3,(H,28,32). The molecule has 1 N–H and O–H groups in total. The number of nitrogens with one attached hydrogen (secondary N) is 1. The molecule has 0 aromatic heterocycles. The third-order valence-electron chi connectivity index (χ3n) is 5.49. The topological polar surface area (TPSA) is 96.0 Å². The van der Waals surface area contributed by atoms with E-state index in [0.717, 1.165) is 16.1 Å². The van der Waals surface area contributed by atoms with E-state index >= 15 is 0 Å². The number of nitrogens with zero attached hydrogens (tertiary/aromatic N) is 2. The summed E-state index contributed by atoms with van der Waals surface area (Å²) < 4.78 is 44.9. The fourth-order valence-corrected chi connectivity index (χ4v) is 4.17. The van der Waals surface area contributed by atoms with Gasteiger partial charge in [-0.25, -0.2) is 12.8 Å². The first-order chi connectivity index (χ1) is 17.0. The molecule has 8 nitrogen and oxygen atoms in total. The molecule has 0 heterocycles. The zero-order valence-electron chi connectivity index (χ0n) is 21.3. The number of hydrogen-bond donors (Lipinski definition) is 1. The molecular weight excluding hydrogens is 485 g/mol. The number of sulfonamides is 1. The van der Waals surface area contributed by atoms with Crippen molar-refractivity contribution in [3.8, 4) is 0 Å². The lowest BCUT2D eigenvalue weighted by Gasteiger charge is -2.31. The van der Waals surface area contributed by atoms with E-state index in [1.165, 1.54) is 29.2 Å². The molecule has 198 valence electrons. The Labute approximate surface area is 213 Å². The van der Waals surface area contributed by atoms with Crippen molar-refractivity contribution >= 4 is 21.8 Å². The van der Waals surface area contributed by atoms with Crippen molar-refractivity contribution in [1.82, 2.24) is 14.5 Å². The Hall–Kier alpha value is -2.82. The van der Waals surface area contributed by atoms with Gasteiger partial charge in [0.1, 0.15) is 11.9 Å². The number of carbonyl (C=O) groups excluding carboxylic acids is 2. The zero-order valence-corrected chi connectivity index (χ0v) is 22.1. The Kier molecular flexibility index (Phi) is 11.5. The van der Waals surface area contributed by atoms with Gasteiger partial charge in [0.05, 0.1) is 18.9 Å². The van der Waals surface area contributed by atoms with Crippen LogP contribution in [-0.4, -0.2) is 67.5 Å². The number of rotatable bonds is 14. The second-order valence-electron chi connectivity index (χ2n) is 8.90. The summed E-state index contributed by atoms with van der Waals surface area (Å²) in [5.74, 6) is -1.33. The monoisotopic (exact) mass is 521 g/mol. The van der Waals surface area contributed by atoms with Gasteiger partial charge in [-0.05, 0) is 50.5 Å². The SMILES string of the molecule is CC(C)OCCCNC(=O)C(C)N(Cc1ccc(F)cc1)C(=O)CN(Cc1ccccc1)S(C)(=O)=O. The van der Waals surface area contributed by atoms with E-state index in [9.17, 15) is 22.4 Å². The minimum absolute atomic E-state index is 0.0201. The van der Waals surface area contributed by atoms with E-state index in [2.05, 4.69) is 5.32 Å². The maximum Gasteiger partial charge on any atom is 0.242 e. The maximum atomic E-state index is 13.4. The Bertz CT molecular complexity index is 1080. The number of halogens is 1. The van der Waals surface area contributed by atoms with Gasteiger partial charge in [-0.3, -0.25) is 9.59 Å². The van der Waals surface area contributed by atoms with Crippen molar-refractivity contribution in [3.63, 3.8) is 0 Å². The van der Waals surface area contributed by atoms with Gasteiger partial charge in [0.25, 0.3) is 0 Å². The maximum absolute atomic E-state index is 13.4. The minimum Gasteiger partial charge on any atom is -0.379 e. The fourth-order valence-electron chi connectivity index (χ4n) is 3.44. The molecule has 2 rings (SSSR count). The van der Waals surface area contributed by atoms with Crippen LogP contribution < -0.4 is 5.32 Å². The first-order valence-corrected chi connectivity index (χ1v) is 13.7. The van der Waals surface area contributed by atoms with Crippen molar-refractivity contribution in [2.24, 2.45) is 0 Å². The van der Waals surface area contributed by atoms with Crippen LogP contribution in [0.1, 0.15) is 38.3 Å². The first kappa shape index (κ1) is 29.4. The summed E-state index contributed by atoms with van der Waals surface area (Å²) in [6, 6.07) is 13.7. The summed E-state index contributed by atoms with van der Waals surface area (Å²) in [6.07, 6.45) is 1.75. The lowest BCUT2D eigenvalue weighted by molar-refractivity contribution is -0.140. The Morgan fingerprint density at radius 2 is 1.58 bits per heavy atom. The average molecular weight is 522 g/mol. The molecule has 0 saturated carbocycles. The van der Waals surface area contributed by atoms with Crippen LogP contribution in [0.4, 0.5) is 4.39 Å². The first-order valence-electron chi connectivity index (χ1n) is 11.9. The van der Waals surface area contributed by atoms with E-state index < -0.39 is 34.3 Å². The summed E-state index contributed by atoms with van der Waals surface area (Å²) in [6.45, 7) is 5.91. The highest BCUT2D eigenvalue weighted by Gasteiger charge is 2.29. The lowest BCUT2D eigenvalue weighted by atomic mass is 10.1. The van der Waals surface area contributed by atoms with Crippen LogP contribution in [0, 0.1) is 5.82 Å². The predicted molar refractivity (Wildman–Crippen MR) is 137 cm³/mol. The molecular formula is C26H36FN3O5S. The second-order valence-corrected chi connectivity index (χ2v) is 10.9. The van der Waals surface area contributed by atoms with E-state index in [0.29, 0.717) is 25.1 Å². The molecule has 1 atom stereocenters. The predicted octanol–water partition coefficient (Wildman–Crippen LogP) is 2.94. The van der Waals surface area contributed by atoms with Crippen LogP contribution in [0.15, 0.2) is 54.6 Å². The van der Waals surface area contributed by atoms with Gasteiger partial charge in [0.2, 0.25) is 21.8 Å². The lowest BCUT2D eigenvalue weighted by Crippen LogP contribution is -2.51. The molecule has 0 fully saturated rings. The summed E-state index contributed by atoms with van der Waals surface area (Å²) in [4.78, 5) is 27.6.